The number of fused-ring (bicyclic) bond motifs is 1. The van der Waals surface area contributed by atoms with E-state index in [-0.39, 0.29) is 5.54 Å². The summed E-state index contributed by atoms with van der Waals surface area (Å²) >= 11 is 0. The first-order valence-electron chi connectivity index (χ1n) is 6.98. The molecule has 0 saturated carbocycles. The summed E-state index contributed by atoms with van der Waals surface area (Å²) in [7, 11) is 1.96. The van der Waals surface area contributed by atoms with Crippen molar-refractivity contribution in [2.45, 2.75) is 37.6 Å². The summed E-state index contributed by atoms with van der Waals surface area (Å²) in [5, 5.41) is 4.21. The van der Waals surface area contributed by atoms with Gasteiger partial charge in [0.05, 0.1) is 6.20 Å². The maximum atomic E-state index is 6.60. The van der Waals surface area contributed by atoms with Crippen LogP contribution in [0.4, 0.5) is 0 Å². The summed E-state index contributed by atoms with van der Waals surface area (Å²) in [5.74, 6) is 0. The molecular weight excluding hydrogens is 234 g/mol. The van der Waals surface area contributed by atoms with E-state index in [1.54, 1.807) is 0 Å². The molecule has 1 aromatic heterocycles. The van der Waals surface area contributed by atoms with E-state index in [0.29, 0.717) is 0 Å². The fourth-order valence-electron chi connectivity index (χ4n) is 3.03. The summed E-state index contributed by atoms with van der Waals surface area (Å²) < 4.78 is 1.86. The number of nitrogens with zero attached hydrogens (tertiary/aromatic N) is 2. The van der Waals surface area contributed by atoms with Crippen LogP contribution in [0, 0.1) is 0 Å². The third-order valence-electron chi connectivity index (χ3n) is 4.22. The largest absolute Gasteiger partial charge is 0.325 e. The van der Waals surface area contributed by atoms with Crippen LogP contribution in [-0.2, 0) is 26.3 Å². The molecule has 0 amide bonds. The molecule has 1 unspecified atom stereocenters. The van der Waals surface area contributed by atoms with E-state index in [0.717, 1.165) is 32.1 Å². The van der Waals surface area contributed by atoms with Crippen molar-refractivity contribution in [3.05, 3.63) is 53.3 Å². The Morgan fingerprint density at radius 2 is 2.11 bits per heavy atom. The average Bonchev–Trinajstić information content (AvgIpc) is 2.82. The standard InChI is InChI=1S/C16H21N3/c1-19-12-13(11-18-19)6-8-16(17)9-7-14-4-2-3-5-15(14)10-16/h2-5,11-12H,6-10,17H2,1H3. The van der Waals surface area contributed by atoms with Crippen LogP contribution in [0.15, 0.2) is 36.7 Å². The van der Waals surface area contributed by atoms with Crippen LogP contribution in [0.1, 0.15) is 29.5 Å². The highest BCUT2D eigenvalue weighted by atomic mass is 15.2. The molecule has 1 heterocycles. The summed E-state index contributed by atoms with van der Waals surface area (Å²) in [4.78, 5) is 0. The first-order valence-corrected chi connectivity index (χ1v) is 6.98. The minimum atomic E-state index is -0.0514. The van der Waals surface area contributed by atoms with E-state index in [1.165, 1.54) is 16.7 Å². The highest BCUT2D eigenvalue weighted by Crippen LogP contribution is 2.30. The smallest absolute Gasteiger partial charge is 0.0521 e. The maximum Gasteiger partial charge on any atom is 0.0521 e. The van der Waals surface area contributed by atoms with Gasteiger partial charge < -0.3 is 5.73 Å². The van der Waals surface area contributed by atoms with Gasteiger partial charge in [0.2, 0.25) is 0 Å². The van der Waals surface area contributed by atoms with Crippen LogP contribution in [0.5, 0.6) is 0 Å². The predicted molar refractivity (Wildman–Crippen MR) is 76.9 cm³/mol. The van der Waals surface area contributed by atoms with Crippen molar-refractivity contribution in [3.8, 4) is 0 Å². The lowest BCUT2D eigenvalue weighted by Gasteiger charge is -2.35. The lowest BCUT2D eigenvalue weighted by atomic mass is 9.76. The second-order valence-corrected chi connectivity index (χ2v) is 5.83. The van der Waals surface area contributed by atoms with Gasteiger partial charge in [-0.15, -0.1) is 0 Å². The van der Waals surface area contributed by atoms with Gasteiger partial charge in [-0.1, -0.05) is 24.3 Å². The molecule has 1 aromatic carbocycles. The second kappa shape index (κ2) is 4.82. The average molecular weight is 255 g/mol. The van der Waals surface area contributed by atoms with E-state index in [1.807, 2.05) is 17.9 Å². The molecule has 1 aliphatic carbocycles. The van der Waals surface area contributed by atoms with Gasteiger partial charge >= 0.3 is 0 Å². The van der Waals surface area contributed by atoms with Gasteiger partial charge in [-0.05, 0) is 48.8 Å². The summed E-state index contributed by atoms with van der Waals surface area (Å²) in [6.45, 7) is 0. The SMILES string of the molecule is Cn1cc(CCC2(N)CCc3ccccc3C2)cn1. The second-order valence-electron chi connectivity index (χ2n) is 5.83. The van der Waals surface area contributed by atoms with Crippen molar-refractivity contribution < 1.29 is 0 Å². The first-order chi connectivity index (χ1) is 9.15. The monoisotopic (exact) mass is 255 g/mol. The van der Waals surface area contributed by atoms with Gasteiger partial charge in [-0.25, -0.2) is 0 Å². The summed E-state index contributed by atoms with van der Waals surface area (Å²) in [5.41, 5.74) is 10.7. The highest BCUT2D eigenvalue weighted by molar-refractivity contribution is 5.32. The van der Waals surface area contributed by atoms with Gasteiger partial charge in [-0.3, -0.25) is 4.68 Å². The number of rotatable bonds is 3. The van der Waals surface area contributed by atoms with E-state index in [2.05, 4.69) is 35.6 Å². The van der Waals surface area contributed by atoms with Crippen LogP contribution in [0.25, 0.3) is 0 Å². The van der Waals surface area contributed by atoms with E-state index >= 15 is 0 Å². The Labute approximate surface area is 114 Å². The van der Waals surface area contributed by atoms with Crippen LogP contribution in [-0.4, -0.2) is 15.3 Å². The van der Waals surface area contributed by atoms with Crippen LogP contribution in [0.3, 0.4) is 0 Å². The molecule has 3 nitrogen and oxygen atoms in total. The van der Waals surface area contributed by atoms with E-state index in [4.69, 9.17) is 5.73 Å². The maximum absolute atomic E-state index is 6.60. The lowest BCUT2D eigenvalue weighted by Crippen LogP contribution is -2.45. The minimum absolute atomic E-state index is 0.0514. The molecule has 0 radical (unpaired) electrons. The zero-order valence-corrected chi connectivity index (χ0v) is 11.5. The number of aromatic nitrogens is 2. The molecule has 1 aliphatic rings. The molecule has 0 saturated heterocycles. The van der Waals surface area contributed by atoms with Crippen molar-refractivity contribution in [3.63, 3.8) is 0 Å². The molecule has 0 bridgehead atoms. The zero-order valence-electron chi connectivity index (χ0n) is 11.5. The van der Waals surface area contributed by atoms with Gasteiger partial charge in [0.1, 0.15) is 0 Å². The Hall–Kier alpha value is -1.61. The Kier molecular flexibility index (Phi) is 3.15. The van der Waals surface area contributed by atoms with Crippen molar-refractivity contribution in [2.24, 2.45) is 12.8 Å². The predicted octanol–water partition coefficient (Wildman–Crippen LogP) is 2.24. The third kappa shape index (κ3) is 2.71. The van der Waals surface area contributed by atoms with Crippen LogP contribution in [0.2, 0.25) is 0 Å². The molecule has 19 heavy (non-hydrogen) atoms. The van der Waals surface area contributed by atoms with Crippen LogP contribution < -0.4 is 5.73 Å². The van der Waals surface area contributed by atoms with Gasteiger partial charge in [0, 0.05) is 18.8 Å². The summed E-state index contributed by atoms with van der Waals surface area (Å²) in [6, 6.07) is 8.69. The minimum Gasteiger partial charge on any atom is -0.325 e. The molecular formula is C16H21N3. The van der Waals surface area contributed by atoms with Crippen molar-refractivity contribution in [1.29, 1.82) is 0 Å². The molecule has 3 rings (SSSR count). The number of hydrogen-bond donors (Lipinski definition) is 1. The zero-order chi connectivity index (χ0) is 13.3. The lowest BCUT2D eigenvalue weighted by molar-refractivity contribution is 0.346. The number of nitrogens with two attached hydrogens (primary N) is 1. The Bertz CT molecular complexity index is 573. The van der Waals surface area contributed by atoms with Crippen molar-refractivity contribution >= 4 is 0 Å². The normalized spacial score (nSPS) is 22.2. The fraction of sp³-hybridized carbons (Fsp3) is 0.438. The molecule has 1 atom stereocenters. The Morgan fingerprint density at radius 1 is 1.32 bits per heavy atom. The molecule has 100 valence electrons. The van der Waals surface area contributed by atoms with Crippen molar-refractivity contribution in [1.82, 2.24) is 9.78 Å². The topological polar surface area (TPSA) is 43.8 Å². The molecule has 0 spiro atoms. The number of hydrogen-bond acceptors (Lipinski definition) is 2. The highest BCUT2D eigenvalue weighted by Gasteiger charge is 2.29. The molecule has 0 aliphatic heterocycles. The molecule has 2 N–H and O–H groups in total. The first kappa shape index (κ1) is 12.4. The van der Waals surface area contributed by atoms with Gasteiger partial charge in [0.25, 0.3) is 0 Å². The van der Waals surface area contributed by atoms with Crippen molar-refractivity contribution in [2.75, 3.05) is 0 Å². The van der Waals surface area contributed by atoms with E-state index in [9.17, 15) is 0 Å². The number of benzene rings is 1. The van der Waals surface area contributed by atoms with E-state index < -0.39 is 0 Å². The number of aryl methyl sites for hydroxylation is 3. The van der Waals surface area contributed by atoms with Gasteiger partial charge in [-0.2, -0.15) is 5.10 Å². The van der Waals surface area contributed by atoms with Gasteiger partial charge in [0.15, 0.2) is 0 Å². The van der Waals surface area contributed by atoms with Crippen LogP contribution >= 0.6 is 0 Å². The Morgan fingerprint density at radius 3 is 2.84 bits per heavy atom. The molecule has 2 aromatic rings. The summed E-state index contributed by atoms with van der Waals surface area (Å²) in [6.07, 6.45) is 9.28. The quantitative estimate of drug-likeness (QED) is 0.914. The third-order valence-corrected chi connectivity index (χ3v) is 4.22. The fourth-order valence-corrected chi connectivity index (χ4v) is 3.03. The molecule has 3 heteroatoms. The molecule has 0 fully saturated rings. The Balaban J connectivity index is 1.68.